The minimum Gasteiger partial charge on any atom is -0.397 e. The van der Waals surface area contributed by atoms with E-state index in [0.717, 1.165) is 50.7 Å². The summed E-state index contributed by atoms with van der Waals surface area (Å²) in [7, 11) is -5.60. The molecule has 0 aliphatic carbocycles. The first-order valence-electron chi connectivity index (χ1n) is 19.1. The topological polar surface area (TPSA) is 151 Å². The van der Waals surface area contributed by atoms with Crippen molar-refractivity contribution in [2.45, 2.75) is 144 Å². The lowest BCUT2D eigenvalue weighted by Crippen LogP contribution is -2.45. The Kier molecular flexibility index (Phi) is 56.8. The predicted molar refractivity (Wildman–Crippen MR) is 220 cm³/mol. The van der Waals surface area contributed by atoms with Gasteiger partial charge in [0.1, 0.15) is 6.29 Å². The van der Waals surface area contributed by atoms with Gasteiger partial charge in [0.15, 0.2) is 0 Å². The molecule has 0 fully saturated rings. The molecule has 300 valence electrons. The zero-order valence-electron chi connectivity index (χ0n) is 34.2. The van der Waals surface area contributed by atoms with Crippen LogP contribution in [-0.2, 0) is 31.4 Å². The standard InChI is InChI=1S/C15H35NO3Si2.C10H22O4Si.C5H15NSi.2C2H6O/c1-6-17-21(18-7-2,19-8-3)15-10-9-12-16-13-11-14-20(4)5;1-4-12-15(13-5-2,14-6-3)10-8-7-9-11;1-7(2)5-3-4-6;2*1-2-3/h12,20H,6-11,13-15H2,1-5H3;9H,4-8,10H2,1-3H3;7H,3-6H2,1-2H3;2*3H,2H2,1H3. The highest BCUT2D eigenvalue weighted by Gasteiger charge is 2.40. The van der Waals surface area contributed by atoms with E-state index in [9.17, 15) is 4.79 Å². The summed E-state index contributed by atoms with van der Waals surface area (Å²) in [5.74, 6) is 0. The summed E-state index contributed by atoms with van der Waals surface area (Å²) in [6, 6.07) is 4.41. The number of hydrogen-bond donors (Lipinski definition) is 3. The van der Waals surface area contributed by atoms with Gasteiger partial charge in [-0.2, -0.15) is 0 Å². The fourth-order valence-electron chi connectivity index (χ4n) is 4.11. The average molecular weight is 777 g/mol. The Bertz CT molecular complexity index is 606. The van der Waals surface area contributed by atoms with Crippen LogP contribution in [0.3, 0.4) is 0 Å². The van der Waals surface area contributed by atoms with Crippen LogP contribution in [0.2, 0.25) is 50.4 Å². The van der Waals surface area contributed by atoms with Crippen LogP contribution >= 0.6 is 0 Å². The molecule has 0 aliphatic rings. The molecule has 0 rings (SSSR count). The number of unbranched alkanes of at least 4 members (excludes halogenated alkanes) is 2. The quantitative estimate of drug-likeness (QED) is 0.0361. The lowest BCUT2D eigenvalue weighted by Gasteiger charge is -2.28. The van der Waals surface area contributed by atoms with Crippen LogP contribution in [0.5, 0.6) is 0 Å². The van der Waals surface area contributed by atoms with Gasteiger partial charge >= 0.3 is 17.6 Å². The number of aliphatic hydroxyl groups excluding tert-OH is 2. The zero-order valence-corrected chi connectivity index (χ0v) is 38.5. The van der Waals surface area contributed by atoms with E-state index in [4.69, 9.17) is 42.5 Å². The van der Waals surface area contributed by atoms with Crippen LogP contribution in [0.25, 0.3) is 0 Å². The van der Waals surface area contributed by atoms with E-state index >= 15 is 0 Å². The summed E-state index contributed by atoms with van der Waals surface area (Å²) in [6.45, 7) is 30.7. The number of rotatable bonds is 27. The Hall–Kier alpha value is -0.152. The Morgan fingerprint density at radius 3 is 1.18 bits per heavy atom. The molecule has 0 radical (unpaired) electrons. The average Bonchev–Trinajstić information content (AvgIpc) is 3.03. The van der Waals surface area contributed by atoms with Gasteiger partial charge in [-0.15, -0.1) is 0 Å². The molecule has 0 amide bonds. The van der Waals surface area contributed by atoms with Gasteiger partial charge < -0.3 is 47.3 Å². The molecule has 0 atom stereocenters. The molecule has 0 spiro atoms. The smallest absolute Gasteiger partial charge is 0.397 e. The maximum Gasteiger partial charge on any atom is 0.500 e. The van der Waals surface area contributed by atoms with Gasteiger partial charge in [0.2, 0.25) is 0 Å². The number of carbonyl (C=O) groups excluding carboxylic acids is 1. The number of hydrogen-bond acceptors (Lipinski definition) is 11. The van der Waals surface area contributed by atoms with Crippen molar-refractivity contribution in [3.63, 3.8) is 0 Å². The first kappa shape index (κ1) is 58.2. The summed E-state index contributed by atoms with van der Waals surface area (Å²) in [5, 5.41) is 15.1. The SMILES string of the molecule is CCO.CCO.CCO[Si](CCCC=NCCC[SiH](C)C)(OCC)OCC.CCO[Si](CCCC=O)(OCC)OCC.C[SiH](C)CCCN. The second kappa shape index (κ2) is 47.8. The molecule has 0 aromatic heterocycles. The van der Waals surface area contributed by atoms with Crippen molar-refractivity contribution >= 4 is 47.7 Å². The molecular formula is C34H84N2O9Si4. The molecule has 0 aliphatic heterocycles. The van der Waals surface area contributed by atoms with Crippen molar-refractivity contribution in [2.75, 3.05) is 65.9 Å². The van der Waals surface area contributed by atoms with Crippen LogP contribution < -0.4 is 5.73 Å². The van der Waals surface area contributed by atoms with Gasteiger partial charge in [-0.05, 0) is 100 Å². The normalized spacial score (nSPS) is 11.2. The highest BCUT2D eigenvalue weighted by molar-refractivity contribution is 6.61. The van der Waals surface area contributed by atoms with Crippen molar-refractivity contribution in [3.8, 4) is 0 Å². The minimum atomic E-state index is -2.49. The molecule has 0 aromatic rings. The maximum absolute atomic E-state index is 10.3. The van der Waals surface area contributed by atoms with Crippen LogP contribution in [0.1, 0.15) is 93.9 Å². The number of aldehydes is 1. The molecule has 15 heteroatoms. The van der Waals surface area contributed by atoms with Crippen molar-refractivity contribution < 1.29 is 41.6 Å². The van der Waals surface area contributed by atoms with E-state index < -0.39 is 26.4 Å². The van der Waals surface area contributed by atoms with Gasteiger partial charge in [0.05, 0.1) is 0 Å². The summed E-state index contributed by atoms with van der Waals surface area (Å²) in [6.07, 6.45) is 8.79. The van der Waals surface area contributed by atoms with E-state index in [1.807, 2.05) is 41.5 Å². The summed E-state index contributed by atoms with van der Waals surface area (Å²) < 4.78 is 34.4. The number of carbonyl (C=O) groups is 1. The van der Waals surface area contributed by atoms with Crippen LogP contribution in [0.15, 0.2) is 4.99 Å². The molecule has 0 heterocycles. The lowest BCUT2D eigenvalue weighted by molar-refractivity contribution is -0.107. The Morgan fingerprint density at radius 1 is 0.592 bits per heavy atom. The predicted octanol–water partition coefficient (Wildman–Crippen LogP) is 6.60. The van der Waals surface area contributed by atoms with E-state index in [0.29, 0.717) is 46.1 Å². The Labute approximate surface area is 309 Å². The van der Waals surface area contributed by atoms with Crippen LogP contribution in [0.4, 0.5) is 0 Å². The second-order valence-electron chi connectivity index (χ2n) is 11.5. The molecule has 0 bridgehead atoms. The molecule has 0 aromatic carbocycles. The third-order valence-corrected chi connectivity index (χ3v) is 15.4. The molecule has 0 saturated heterocycles. The van der Waals surface area contributed by atoms with Gasteiger partial charge in [-0.3, -0.25) is 4.99 Å². The third kappa shape index (κ3) is 47.8. The minimum absolute atomic E-state index is 0.250. The van der Waals surface area contributed by atoms with Gasteiger partial charge in [0, 0.05) is 95.5 Å². The number of aliphatic imine (C=N–C) groups is 1. The van der Waals surface area contributed by atoms with E-state index in [1.165, 1.54) is 24.9 Å². The molecule has 49 heavy (non-hydrogen) atoms. The maximum atomic E-state index is 10.3. The van der Waals surface area contributed by atoms with Crippen molar-refractivity contribution in [1.29, 1.82) is 0 Å². The van der Waals surface area contributed by atoms with Gasteiger partial charge in [0.25, 0.3) is 0 Å². The number of nitrogens with zero attached hydrogens (tertiary/aromatic N) is 1. The molecule has 4 N–H and O–H groups in total. The largest absolute Gasteiger partial charge is 0.500 e. The highest BCUT2D eigenvalue weighted by Crippen LogP contribution is 2.20. The van der Waals surface area contributed by atoms with Crippen molar-refractivity contribution in [2.24, 2.45) is 10.7 Å². The number of nitrogens with two attached hydrogens (primary N) is 1. The van der Waals surface area contributed by atoms with Crippen molar-refractivity contribution in [3.05, 3.63) is 0 Å². The monoisotopic (exact) mass is 777 g/mol. The van der Waals surface area contributed by atoms with Crippen LogP contribution in [-0.4, -0.2) is 124 Å². The van der Waals surface area contributed by atoms with Gasteiger partial charge in [-0.1, -0.05) is 38.3 Å². The lowest BCUT2D eigenvalue weighted by atomic mass is 10.4. The summed E-state index contributed by atoms with van der Waals surface area (Å²) in [5.41, 5.74) is 5.30. The van der Waals surface area contributed by atoms with E-state index in [1.54, 1.807) is 13.8 Å². The summed E-state index contributed by atoms with van der Waals surface area (Å²) >= 11 is 0. The Morgan fingerprint density at radius 2 is 0.918 bits per heavy atom. The van der Waals surface area contributed by atoms with Crippen LogP contribution in [0, 0.1) is 0 Å². The first-order chi connectivity index (χ1) is 23.4. The number of aliphatic hydroxyl groups is 2. The van der Waals surface area contributed by atoms with Gasteiger partial charge in [-0.25, -0.2) is 0 Å². The molecule has 0 unspecified atom stereocenters. The van der Waals surface area contributed by atoms with Crippen molar-refractivity contribution in [1.82, 2.24) is 0 Å². The summed E-state index contributed by atoms with van der Waals surface area (Å²) in [4.78, 5) is 14.7. The zero-order chi connectivity index (χ0) is 38.7. The highest BCUT2D eigenvalue weighted by atomic mass is 28.4. The molecule has 11 nitrogen and oxygen atoms in total. The first-order valence-corrected chi connectivity index (χ1v) is 29.2. The fraction of sp³-hybridized carbons (Fsp3) is 0.941. The molecular weight excluding hydrogens is 693 g/mol. The second-order valence-corrected chi connectivity index (χ2v) is 23.7. The molecule has 0 saturated carbocycles. The third-order valence-electron chi connectivity index (χ3n) is 5.99. The van der Waals surface area contributed by atoms with E-state index in [2.05, 4.69) is 37.4 Å². The Balaban J connectivity index is -0.000000199. The van der Waals surface area contributed by atoms with E-state index in [-0.39, 0.29) is 22.0 Å². The fourth-order valence-corrected chi connectivity index (χ4v) is 11.4.